The van der Waals surface area contributed by atoms with Gasteiger partial charge in [-0.25, -0.2) is 9.67 Å². The van der Waals surface area contributed by atoms with Crippen molar-refractivity contribution in [1.82, 2.24) is 30.1 Å². The van der Waals surface area contributed by atoms with Crippen molar-refractivity contribution in [2.75, 3.05) is 36.8 Å². The minimum Gasteiger partial charge on any atom is -0.353 e. The molecule has 0 atom stereocenters. The van der Waals surface area contributed by atoms with E-state index in [4.69, 9.17) is 0 Å². The Labute approximate surface area is 163 Å². The molecule has 2 aromatic rings. The number of nitrogens with zero attached hydrogens (tertiary/aromatic N) is 7. The van der Waals surface area contributed by atoms with Crippen LogP contribution in [0.2, 0.25) is 0 Å². The normalized spacial score (nSPS) is 18.2. The van der Waals surface area contributed by atoms with Crippen LogP contribution in [0.1, 0.15) is 38.1 Å². The van der Waals surface area contributed by atoms with Gasteiger partial charge >= 0.3 is 0 Å². The highest BCUT2D eigenvalue weighted by Crippen LogP contribution is 2.31. The molecule has 0 spiro atoms. The third-order valence-electron chi connectivity index (χ3n) is 5.29. The molecule has 1 saturated heterocycles. The quantitative estimate of drug-likeness (QED) is 0.702. The average Bonchev–Trinajstić information content (AvgIpc) is 3.40. The minimum atomic E-state index is 0.211. The van der Waals surface area contributed by atoms with Crippen molar-refractivity contribution in [2.45, 2.75) is 43.3 Å². The maximum Gasteiger partial charge on any atom is 0.223 e. The number of piperazine rings is 1. The first-order chi connectivity index (χ1) is 13.3. The van der Waals surface area contributed by atoms with E-state index in [1.165, 1.54) is 12.8 Å². The summed E-state index contributed by atoms with van der Waals surface area (Å²) in [5.74, 6) is 1.91. The Balaban J connectivity index is 1.22. The van der Waals surface area contributed by atoms with Gasteiger partial charge in [-0.05, 0) is 35.4 Å². The van der Waals surface area contributed by atoms with Crippen molar-refractivity contribution in [3.8, 4) is 0 Å². The fourth-order valence-corrected chi connectivity index (χ4v) is 4.64. The Bertz CT molecular complexity index is 739. The van der Waals surface area contributed by atoms with Gasteiger partial charge in [0.25, 0.3) is 0 Å². The average molecular weight is 388 g/mol. The van der Waals surface area contributed by atoms with Gasteiger partial charge in [-0.3, -0.25) is 4.79 Å². The number of aromatic nitrogens is 5. The zero-order valence-electron chi connectivity index (χ0n) is 15.4. The van der Waals surface area contributed by atoms with Crippen molar-refractivity contribution < 1.29 is 4.79 Å². The molecule has 2 fully saturated rings. The third kappa shape index (κ3) is 4.40. The van der Waals surface area contributed by atoms with Gasteiger partial charge < -0.3 is 9.80 Å². The maximum atomic E-state index is 12.5. The molecule has 2 aliphatic rings. The number of rotatable bonds is 6. The number of thioether (sulfide) groups is 1. The molecule has 1 aliphatic heterocycles. The molecule has 9 heteroatoms. The molecule has 0 N–H and O–H groups in total. The molecule has 0 bridgehead atoms. The molecular formula is C18H25N7OS. The second-order valence-electron chi connectivity index (χ2n) is 7.00. The molecule has 3 heterocycles. The predicted molar refractivity (Wildman–Crippen MR) is 104 cm³/mol. The van der Waals surface area contributed by atoms with Crippen LogP contribution >= 0.6 is 11.8 Å². The summed E-state index contributed by atoms with van der Waals surface area (Å²) in [6.45, 7) is 3.16. The summed E-state index contributed by atoms with van der Waals surface area (Å²) in [7, 11) is 0. The van der Waals surface area contributed by atoms with Gasteiger partial charge in [0.1, 0.15) is 5.82 Å². The molecule has 1 saturated carbocycles. The minimum absolute atomic E-state index is 0.211. The van der Waals surface area contributed by atoms with E-state index in [2.05, 4.69) is 25.4 Å². The van der Waals surface area contributed by atoms with Gasteiger partial charge in [0.2, 0.25) is 11.1 Å². The number of carbonyl (C=O) groups is 1. The monoisotopic (exact) mass is 387 g/mol. The molecule has 2 aromatic heterocycles. The summed E-state index contributed by atoms with van der Waals surface area (Å²) in [6.07, 6.45) is 7.13. The lowest BCUT2D eigenvalue weighted by Gasteiger charge is -2.35. The topological polar surface area (TPSA) is 80.0 Å². The van der Waals surface area contributed by atoms with E-state index in [0.29, 0.717) is 18.2 Å². The van der Waals surface area contributed by atoms with E-state index < -0.39 is 0 Å². The molecular weight excluding hydrogens is 362 g/mol. The lowest BCUT2D eigenvalue weighted by atomic mass is 10.3. The first kappa shape index (κ1) is 18.2. The summed E-state index contributed by atoms with van der Waals surface area (Å²) in [5.41, 5.74) is 0. The van der Waals surface area contributed by atoms with E-state index >= 15 is 0 Å². The smallest absolute Gasteiger partial charge is 0.223 e. The second kappa shape index (κ2) is 8.69. The zero-order chi connectivity index (χ0) is 18.5. The molecule has 0 radical (unpaired) electrons. The van der Waals surface area contributed by atoms with Crippen LogP contribution in [0.25, 0.3) is 0 Å². The highest BCUT2D eigenvalue weighted by molar-refractivity contribution is 7.99. The first-order valence-electron chi connectivity index (χ1n) is 9.65. The molecule has 0 aromatic carbocycles. The Hall–Kier alpha value is -2.16. The standard InChI is InChI=1S/C18H25N7OS/c26-17(24-12-10-23(11-13-24)16-7-3-4-9-19-16)8-14-27-18-20-21-22-25(18)15-5-1-2-6-15/h3-4,7,9,15H,1-2,5-6,8,10-14H2. The second-order valence-corrected chi connectivity index (χ2v) is 8.06. The van der Waals surface area contributed by atoms with E-state index in [-0.39, 0.29) is 5.91 Å². The molecule has 27 heavy (non-hydrogen) atoms. The summed E-state index contributed by atoms with van der Waals surface area (Å²) in [5, 5.41) is 13.0. The molecule has 1 amide bonds. The van der Waals surface area contributed by atoms with Crippen LogP contribution < -0.4 is 4.90 Å². The maximum absolute atomic E-state index is 12.5. The van der Waals surface area contributed by atoms with Crippen LogP contribution in [0.15, 0.2) is 29.6 Å². The lowest BCUT2D eigenvalue weighted by molar-refractivity contribution is -0.131. The Morgan fingerprint density at radius 1 is 1.15 bits per heavy atom. The van der Waals surface area contributed by atoms with Crippen LogP contribution in [-0.4, -0.2) is 67.9 Å². The number of pyridine rings is 1. The van der Waals surface area contributed by atoms with E-state index in [1.807, 2.05) is 34.0 Å². The molecule has 1 aliphatic carbocycles. The van der Waals surface area contributed by atoms with E-state index in [0.717, 1.165) is 50.0 Å². The van der Waals surface area contributed by atoms with Gasteiger partial charge in [0, 0.05) is 44.5 Å². The Morgan fingerprint density at radius 2 is 1.96 bits per heavy atom. The molecule has 4 rings (SSSR count). The summed E-state index contributed by atoms with van der Waals surface area (Å²) in [4.78, 5) is 21.1. The Morgan fingerprint density at radius 3 is 2.70 bits per heavy atom. The van der Waals surface area contributed by atoms with Gasteiger partial charge in [-0.2, -0.15) is 0 Å². The number of anilines is 1. The summed E-state index contributed by atoms with van der Waals surface area (Å²) < 4.78 is 1.95. The fourth-order valence-electron chi connectivity index (χ4n) is 3.77. The van der Waals surface area contributed by atoms with Crippen LogP contribution in [-0.2, 0) is 4.79 Å². The molecule has 0 unspecified atom stereocenters. The lowest BCUT2D eigenvalue weighted by Crippen LogP contribution is -2.49. The first-order valence-corrected chi connectivity index (χ1v) is 10.6. The number of carbonyl (C=O) groups excluding carboxylic acids is 1. The number of amides is 1. The zero-order valence-corrected chi connectivity index (χ0v) is 16.2. The number of tetrazole rings is 1. The third-order valence-corrected chi connectivity index (χ3v) is 6.22. The highest BCUT2D eigenvalue weighted by atomic mass is 32.2. The van der Waals surface area contributed by atoms with Crippen LogP contribution in [0.5, 0.6) is 0 Å². The van der Waals surface area contributed by atoms with Crippen molar-refractivity contribution in [3.63, 3.8) is 0 Å². The van der Waals surface area contributed by atoms with Crippen molar-refractivity contribution in [3.05, 3.63) is 24.4 Å². The van der Waals surface area contributed by atoms with Crippen LogP contribution in [0.4, 0.5) is 5.82 Å². The largest absolute Gasteiger partial charge is 0.353 e. The predicted octanol–water partition coefficient (Wildman–Crippen LogP) is 2.01. The SMILES string of the molecule is O=C(CCSc1nnnn1C1CCCC1)N1CCN(c2ccccn2)CC1. The van der Waals surface area contributed by atoms with Gasteiger partial charge in [-0.15, -0.1) is 5.10 Å². The fraction of sp³-hybridized carbons (Fsp3) is 0.611. The van der Waals surface area contributed by atoms with Crippen LogP contribution in [0.3, 0.4) is 0 Å². The highest BCUT2D eigenvalue weighted by Gasteiger charge is 2.23. The van der Waals surface area contributed by atoms with Gasteiger partial charge in [0.15, 0.2) is 0 Å². The summed E-state index contributed by atoms with van der Waals surface area (Å²) >= 11 is 1.59. The molecule has 8 nitrogen and oxygen atoms in total. The van der Waals surface area contributed by atoms with Crippen LogP contribution in [0, 0.1) is 0 Å². The van der Waals surface area contributed by atoms with Gasteiger partial charge in [-0.1, -0.05) is 30.7 Å². The number of hydrogen-bond acceptors (Lipinski definition) is 7. The van der Waals surface area contributed by atoms with E-state index in [9.17, 15) is 4.79 Å². The number of hydrogen-bond donors (Lipinski definition) is 0. The van der Waals surface area contributed by atoms with E-state index in [1.54, 1.807) is 11.8 Å². The summed E-state index contributed by atoms with van der Waals surface area (Å²) in [6, 6.07) is 6.36. The van der Waals surface area contributed by atoms with Crippen molar-refractivity contribution in [2.24, 2.45) is 0 Å². The van der Waals surface area contributed by atoms with Crippen molar-refractivity contribution in [1.29, 1.82) is 0 Å². The Kier molecular flexibility index (Phi) is 5.86. The molecule has 144 valence electrons. The van der Waals surface area contributed by atoms with Crippen molar-refractivity contribution >= 4 is 23.5 Å². The van der Waals surface area contributed by atoms with Gasteiger partial charge in [0.05, 0.1) is 6.04 Å².